The van der Waals surface area contributed by atoms with Gasteiger partial charge in [-0.05, 0) is 57.6 Å². The fraction of sp³-hybridized carbons (Fsp3) is 0.595. The fourth-order valence-corrected chi connectivity index (χ4v) is 8.45. The molecule has 14 heteroatoms. The summed E-state index contributed by atoms with van der Waals surface area (Å²) in [5.41, 5.74) is 1.85. The lowest BCUT2D eigenvalue weighted by molar-refractivity contribution is -0.360. The van der Waals surface area contributed by atoms with Gasteiger partial charge in [-0.1, -0.05) is 19.3 Å². The molecular formula is C37H47N3O11. The van der Waals surface area contributed by atoms with Crippen molar-refractivity contribution in [2.45, 2.75) is 101 Å². The third kappa shape index (κ3) is 6.52. The number of rotatable bonds is 12. The molecule has 2 fully saturated rings. The minimum absolute atomic E-state index is 0.0920. The summed E-state index contributed by atoms with van der Waals surface area (Å²) in [7, 11) is 0. The predicted molar refractivity (Wildman–Crippen MR) is 185 cm³/mol. The van der Waals surface area contributed by atoms with Crippen LogP contribution in [0.4, 0.5) is 5.69 Å². The number of carbonyl (C=O) groups excluding carboxylic acids is 1. The topological polar surface area (TPSA) is 204 Å². The number of aryl methyl sites for hydroxylation is 1. The molecule has 7 atom stereocenters. The second-order valence-corrected chi connectivity index (χ2v) is 14.9. The van der Waals surface area contributed by atoms with E-state index in [0.717, 1.165) is 43.4 Å². The molecule has 1 saturated carbocycles. The zero-order valence-corrected chi connectivity index (χ0v) is 28.9. The van der Waals surface area contributed by atoms with Crippen LogP contribution < -0.4 is 20.4 Å². The first-order valence-corrected chi connectivity index (χ1v) is 17.8. The van der Waals surface area contributed by atoms with E-state index in [2.05, 4.69) is 10.3 Å². The normalized spacial score (nSPS) is 27.4. The van der Waals surface area contributed by atoms with Crippen LogP contribution in [0.15, 0.2) is 50.4 Å². The van der Waals surface area contributed by atoms with Gasteiger partial charge in [0.15, 0.2) is 16.8 Å². The Morgan fingerprint density at radius 3 is 2.61 bits per heavy atom. The molecule has 6 N–H and O–H groups in total. The van der Waals surface area contributed by atoms with E-state index in [1.165, 1.54) is 6.07 Å². The molecule has 4 aliphatic heterocycles. The molecule has 1 saturated heterocycles. The van der Waals surface area contributed by atoms with E-state index in [1.807, 2.05) is 24.1 Å². The molecule has 51 heavy (non-hydrogen) atoms. The van der Waals surface area contributed by atoms with Crippen LogP contribution in [0.25, 0.3) is 11.0 Å². The average Bonchev–Trinajstić information content (AvgIpc) is 3.81. The Labute approximate surface area is 294 Å². The van der Waals surface area contributed by atoms with E-state index in [9.17, 15) is 30.0 Å². The van der Waals surface area contributed by atoms with Crippen LogP contribution in [0.2, 0.25) is 0 Å². The SMILES string of the molecule is Cc1cc(=O)c2cc3c(c(N4C=C5C=CN=C5C4)c2o1)O[C@](C)(CC[C@@H]1CNC(=O)C12CCCCC2)[C@H](OOC[C@H](O)[C@@H](O)[C@H](O)[C@H](O)CO)C3. The predicted octanol–water partition coefficient (Wildman–Crippen LogP) is 1.70. The average molecular weight is 710 g/mol. The van der Waals surface area contributed by atoms with Gasteiger partial charge in [0.25, 0.3) is 0 Å². The van der Waals surface area contributed by atoms with Crippen molar-refractivity contribution in [1.29, 1.82) is 0 Å². The van der Waals surface area contributed by atoms with E-state index in [4.69, 9.17) is 24.0 Å². The van der Waals surface area contributed by atoms with Gasteiger partial charge in [-0.3, -0.25) is 14.6 Å². The Hall–Kier alpha value is -3.63. The maximum absolute atomic E-state index is 13.4. The van der Waals surface area contributed by atoms with E-state index < -0.39 is 54.7 Å². The molecule has 1 aromatic heterocycles. The number of aliphatic hydroxyl groups is 5. The molecular weight excluding hydrogens is 662 g/mol. The summed E-state index contributed by atoms with van der Waals surface area (Å²) in [4.78, 5) is 44.5. The van der Waals surface area contributed by atoms with Crippen molar-refractivity contribution in [2.24, 2.45) is 16.3 Å². The number of aliphatic imine (C=N–C) groups is 1. The number of hydrogen-bond donors (Lipinski definition) is 6. The van der Waals surface area contributed by atoms with E-state index >= 15 is 0 Å². The molecule has 0 radical (unpaired) electrons. The lowest BCUT2D eigenvalue weighted by Gasteiger charge is -2.44. The Balaban J connectivity index is 1.22. The van der Waals surface area contributed by atoms with Crippen molar-refractivity contribution >= 4 is 28.3 Å². The summed E-state index contributed by atoms with van der Waals surface area (Å²) in [6.07, 6.45) is 4.10. The summed E-state index contributed by atoms with van der Waals surface area (Å²) >= 11 is 0. The zero-order valence-electron chi connectivity index (χ0n) is 28.9. The van der Waals surface area contributed by atoms with Gasteiger partial charge in [-0.2, -0.15) is 0 Å². The van der Waals surface area contributed by atoms with Crippen molar-refractivity contribution in [2.75, 3.05) is 31.2 Å². The summed E-state index contributed by atoms with van der Waals surface area (Å²) in [5, 5.41) is 53.3. The Kier molecular flexibility index (Phi) is 9.86. The Morgan fingerprint density at radius 1 is 1.10 bits per heavy atom. The Bertz CT molecular complexity index is 1810. The number of hydrogen-bond acceptors (Lipinski definition) is 13. The quantitative estimate of drug-likeness (QED) is 0.138. The number of fused-ring (bicyclic) bond motifs is 3. The van der Waals surface area contributed by atoms with Crippen LogP contribution in [0.1, 0.15) is 63.2 Å². The van der Waals surface area contributed by atoms with Crippen LogP contribution in [0.3, 0.4) is 0 Å². The second-order valence-electron chi connectivity index (χ2n) is 14.9. The lowest BCUT2D eigenvalue weighted by Crippen LogP contribution is -2.52. The molecule has 1 aliphatic carbocycles. The molecule has 0 unspecified atom stereocenters. The van der Waals surface area contributed by atoms with Crippen molar-refractivity contribution in [1.82, 2.24) is 5.32 Å². The van der Waals surface area contributed by atoms with Crippen LogP contribution >= 0.6 is 0 Å². The van der Waals surface area contributed by atoms with E-state index in [0.29, 0.717) is 59.7 Å². The highest BCUT2D eigenvalue weighted by Gasteiger charge is 2.52. The molecule has 1 spiro atoms. The summed E-state index contributed by atoms with van der Waals surface area (Å²) in [6.45, 7) is 3.30. The molecule has 14 nitrogen and oxygen atoms in total. The summed E-state index contributed by atoms with van der Waals surface area (Å²) < 4.78 is 13.3. The second kappa shape index (κ2) is 14.1. The van der Waals surface area contributed by atoms with E-state index in [-0.39, 0.29) is 23.7 Å². The summed E-state index contributed by atoms with van der Waals surface area (Å²) in [6, 6.07) is 3.19. The number of ether oxygens (including phenoxy) is 1. The summed E-state index contributed by atoms with van der Waals surface area (Å²) in [5.74, 6) is 1.20. The maximum atomic E-state index is 13.4. The minimum Gasteiger partial charge on any atom is -0.482 e. The largest absolute Gasteiger partial charge is 0.482 e. The van der Waals surface area contributed by atoms with Crippen LogP contribution in [0, 0.1) is 18.3 Å². The van der Waals surface area contributed by atoms with Gasteiger partial charge in [0.05, 0.1) is 29.7 Å². The van der Waals surface area contributed by atoms with Crippen LogP contribution in [0.5, 0.6) is 5.75 Å². The maximum Gasteiger partial charge on any atom is 0.226 e. The van der Waals surface area contributed by atoms with Gasteiger partial charge >= 0.3 is 0 Å². The molecule has 7 rings (SSSR count). The van der Waals surface area contributed by atoms with Gasteiger partial charge in [-0.15, -0.1) is 0 Å². The first kappa shape index (κ1) is 35.8. The highest BCUT2D eigenvalue weighted by molar-refractivity contribution is 6.12. The van der Waals surface area contributed by atoms with Crippen molar-refractivity contribution in [3.05, 3.63) is 57.7 Å². The fourth-order valence-electron chi connectivity index (χ4n) is 8.45. The van der Waals surface area contributed by atoms with Gasteiger partial charge in [0.2, 0.25) is 5.91 Å². The number of amides is 1. The Morgan fingerprint density at radius 2 is 1.86 bits per heavy atom. The molecule has 2 aromatic rings. The third-order valence-corrected chi connectivity index (χ3v) is 11.5. The number of nitrogens with zero attached hydrogens (tertiary/aromatic N) is 2. The number of allylic oxidation sites excluding steroid dienone is 1. The number of aliphatic hydroxyl groups excluding tert-OH is 5. The van der Waals surface area contributed by atoms with Crippen molar-refractivity contribution in [3.8, 4) is 5.75 Å². The molecule has 1 aromatic carbocycles. The number of benzene rings is 1. The number of nitrogens with one attached hydrogen (secondary N) is 1. The molecule has 1 amide bonds. The van der Waals surface area contributed by atoms with Crippen molar-refractivity contribution < 1.29 is 49.3 Å². The molecule has 276 valence electrons. The van der Waals surface area contributed by atoms with Crippen LogP contribution in [-0.2, 0) is 21.0 Å². The van der Waals surface area contributed by atoms with Gasteiger partial charge < -0.3 is 44.9 Å². The highest BCUT2D eigenvalue weighted by atomic mass is 17.2. The monoisotopic (exact) mass is 709 g/mol. The van der Waals surface area contributed by atoms with Gasteiger partial charge in [0, 0.05) is 42.6 Å². The van der Waals surface area contributed by atoms with Gasteiger partial charge in [-0.25, -0.2) is 9.78 Å². The molecule has 5 aliphatic rings. The van der Waals surface area contributed by atoms with Crippen LogP contribution in [-0.4, -0.2) is 99.6 Å². The van der Waals surface area contributed by atoms with Crippen molar-refractivity contribution in [3.63, 3.8) is 0 Å². The molecule has 5 heterocycles. The highest BCUT2D eigenvalue weighted by Crippen LogP contribution is 2.51. The first-order chi connectivity index (χ1) is 24.4. The minimum atomic E-state index is -1.82. The number of carbonyl (C=O) groups is 1. The standard InChI is InChI=1S/C37H47N3O11/c1-20-12-26(42)24-13-22-14-29(51-48-19-28(44)32(46)31(45)27(43)18-41)36(2,10-6-23-15-39-35(47)37(23)8-4-3-5-9-37)50-33(22)30(34(24)49-20)40-16-21-7-11-38-25(21)17-40/h7,11-13,16,23,27-29,31-32,41,43-46H,3-6,8-10,14-15,17-19H2,1-2H3,(H,39,47)/t23-,27-,28+,29-,31-,32-,36-/m1/s1. The smallest absolute Gasteiger partial charge is 0.226 e. The first-order valence-electron chi connectivity index (χ1n) is 17.8. The van der Waals surface area contributed by atoms with E-state index in [1.54, 1.807) is 19.2 Å². The third-order valence-electron chi connectivity index (χ3n) is 11.5. The zero-order chi connectivity index (χ0) is 36.1. The number of anilines is 1. The van der Waals surface area contributed by atoms with Gasteiger partial charge in [0.1, 0.15) is 54.2 Å². The lowest BCUT2D eigenvalue weighted by atomic mass is 9.65. The molecule has 0 bridgehead atoms.